The van der Waals surface area contributed by atoms with Crippen molar-refractivity contribution in [1.29, 1.82) is 0 Å². The van der Waals surface area contributed by atoms with E-state index in [1.54, 1.807) is 6.92 Å². The molecule has 0 radical (unpaired) electrons. The topological polar surface area (TPSA) is 130 Å². The average molecular weight is 540 g/mol. The molecule has 9 heteroatoms. The van der Waals surface area contributed by atoms with E-state index in [4.69, 9.17) is 18.9 Å². The van der Waals surface area contributed by atoms with Crippen molar-refractivity contribution >= 4 is 17.7 Å². The molecule has 2 saturated carbocycles. The number of epoxide rings is 3. The van der Waals surface area contributed by atoms with Crippen LogP contribution in [0.3, 0.4) is 0 Å². The van der Waals surface area contributed by atoms with Crippen molar-refractivity contribution in [3.05, 3.63) is 35.9 Å². The number of ketones is 1. The van der Waals surface area contributed by atoms with Crippen molar-refractivity contribution in [3.63, 3.8) is 0 Å². The lowest BCUT2D eigenvalue weighted by Gasteiger charge is -2.50. The summed E-state index contributed by atoms with van der Waals surface area (Å²) < 4.78 is 24.8. The van der Waals surface area contributed by atoms with E-state index >= 15 is 0 Å². The predicted octanol–water partition coefficient (Wildman–Crippen LogP) is 1.58. The van der Waals surface area contributed by atoms with Crippen LogP contribution in [0.25, 0.3) is 0 Å². The van der Waals surface area contributed by atoms with Crippen LogP contribution in [0.4, 0.5) is 0 Å². The van der Waals surface area contributed by atoms with Crippen LogP contribution in [-0.2, 0) is 39.8 Å². The van der Waals surface area contributed by atoms with Crippen LogP contribution < -0.4 is 5.32 Å². The van der Waals surface area contributed by atoms with Gasteiger partial charge in [0, 0.05) is 30.7 Å². The number of carbonyl (C=O) groups is 3. The summed E-state index contributed by atoms with van der Waals surface area (Å²) >= 11 is 0. The van der Waals surface area contributed by atoms with Crippen LogP contribution in [0.15, 0.2) is 30.3 Å². The van der Waals surface area contributed by atoms with E-state index in [1.807, 2.05) is 30.3 Å². The highest BCUT2D eigenvalue weighted by Crippen LogP contribution is 2.70. The summed E-state index contributed by atoms with van der Waals surface area (Å²) in [5, 5.41) is 14.7. The van der Waals surface area contributed by atoms with Crippen LogP contribution in [0.2, 0.25) is 0 Å². The Labute approximate surface area is 227 Å². The Hall–Kier alpha value is -2.33. The molecule has 4 aliphatic heterocycles. The largest absolute Gasteiger partial charge is 0.458 e. The van der Waals surface area contributed by atoms with Gasteiger partial charge in [0.2, 0.25) is 5.91 Å². The lowest BCUT2D eigenvalue weighted by Crippen LogP contribution is -2.64. The van der Waals surface area contributed by atoms with E-state index in [0.29, 0.717) is 12.8 Å². The summed E-state index contributed by atoms with van der Waals surface area (Å²) in [5.74, 6) is -2.25. The second-order valence-electron chi connectivity index (χ2n) is 13.1. The van der Waals surface area contributed by atoms with Crippen LogP contribution in [0.5, 0.6) is 0 Å². The molecule has 2 N–H and O–H groups in total. The molecule has 39 heavy (non-hydrogen) atoms. The van der Waals surface area contributed by atoms with Gasteiger partial charge in [-0.05, 0) is 38.2 Å². The van der Waals surface area contributed by atoms with E-state index in [2.05, 4.69) is 19.2 Å². The normalized spacial score (nSPS) is 53.0. The highest BCUT2D eigenvalue weighted by atomic mass is 16.6. The zero-order valence-corrected chi connectivity index (χ0v) is 23.0. The number of rotatable bonds is 3. The summed E-state index contributed by atoms with van der Waals surface area (Å²) in [6.07, 6.45) is -2.50. The van der Waals surface area contributed by atoms with Gasteiger partial charge in [-0.15, -0.1) is 0 Å². The third-order valence-corrected chi connectivity index (χ3v) is 10.9. The number of esters is 1. The fraction of sp³-hybridized carbons (Fsp3) is 0.700. The van der Waals surface area contributed by atoms with Crippen molar-refractivity contribution < 1.29 is 38.4 Å². The lowest BCUT2D eigenvalue weighted by molar-refractivity contribution is -0.175. The Morgan fingerprint density at radius 3 is 2.49 bits per heavy atom. The van der Waals surface area contributed by atoms with E-state index in [0.717, 1.165) is 5.56 Å². The third-order valence-electron chi connectivity index (χ3n) is 10.9. The minimum absolute atomic E-state index is 0.0509. The molecular weight excluding hydrogens is 502 g/mol. The molecule has 14 atom stereocenters. The number of benzene rings is 1. The van der Waals surface area contributed by atoms with Gasteiger partial charge in [0.1, 0.15) is 29.3 Å². The van der Waals surface area contributed by atoms with Gasteiger partial charge < -0.3 is 29.4 Å². The molecule has 0 bridgehead atoms. The van der Waals surface area contributed by atoms with Gasteiger partial charge in [-0.3, -0.25) is 14.4 Å². The summed E-state index contributed by atoms with van der Waals surface area (Å²) in [6, 6.07) is 9.79. The van der Waals surface area contributed by atoms with Crippen molar-refractivity contribution in [2.45, 2.75) is 101 Å². The zero-order valence-electron chi connectivity index (χ0n) is 23.0. The number of hydrogen-bond acceptors (Lipinski definition) is 8. The van der Waals surface area contributed by atoms with E-state index in [-0.39, 0.29) is 47.9 Å². The molecule has 6 aliphatic rings. The molecule has 7 rings (SSSR count). The maximum Gasteiger partial charge on any atom is 0.303 e. The Morgan fingerprint density at radius 2 is 1.79 bits per heavy atom. The molecule has 1 aromatic rings. The van der Waals surface area contributed by atoms with Gasteiger partial charge in [-0.1, -0.05) is 44.2 Å². The average Bonchev–Trinajstić information content (AvgIpc) is 3.79. The van der Waals surface area contributed by atoms with Crippen LogP contribution in [-0.4, -0.2) is 76.6 Å². The third kappa shape index (κ3) is 3.42. The molecule has 6 fully saturated rings. The Kier molecular flexibility index (Phi) is 5.33. The van der Waals surface area contributed by atoms with Crippen molar-refractivity contribution in [2.75, 3.05) is 0 Å². The number of Topliss-reactive ketones (excluding diaryl/α,β-unsaturated/α-hetero) is 1. The molecule has 4 saturated heterocycles. The quantitative estimate of drug-likeness (QED) is 0.438. The molecule has 1 amide bonds. The standard InChI is InChI=1S/C30H37NO8/c1-13-11-18-21(37-18)20-24-29(5,39-24)14(2)19-17(12-16-9-7-6-8-10-16)31-27(34)30(19,20)26(36-15(3)32)22-25(38-22)28(4,35)23(13)33/h6-10,13-14,17-22,24-26,35H,11-12H2,1-5H3,(H,31,34)/t13?,14?,17-,18-,19-,20-,21-,22+,24-,25-,26+,28-,29+,30+/m0/s1. The monoisotopic (exact) mass is 539 g/mol. The van der Waals surface area contributed by atoms with Gasteiger partial charge in [0.25, 0.3) is 0 Å². The van der Waals surface area contributed by atoms with Gasteiger partial charge >= 0.3 is 5.97 Å². The second-order valence-corrected chi connectivity index (χ2v) is 13.1. The van der Waals surface area contributed by atoms with E-state index < -0.39 is 52.7 Å². The Morgan fingerprint density at radius 1 is 1.08 bits per heavy atom. The molecule has 1 spiro atoms. The molecular formula is C30H37NO8. The first-order chi connectivity index (χ1) is 18.4. The van der Waals surface area contributed by atoms with Gasteiger partial charge in [-0.2, -0.15) is 0 Å². The molecule has 9 nitrogen and oxygen atoms in total. The first-order valence-electron chi connectivity index (χ1n) is 14.2. The highest BCUT2D eigenvalue weighted by Gasteiger charge is 2.84. The van der Waals surface area contributed by atoms with Crippen molar-refractivity contribution in [2.24, 2.45) is 29.1 Å². The fourth-order valence-electron chi connectivity index (χ4n) is 8.82. The number of nitrogens with one attached hydrogen (secondary N) is 1. The van der Waals surface area contributed by atoms with Crippen LogP contribution in [0.1, 0.15) is 46.6 Å². The summed E-state index contributed by atoms with van der Waals surface area (Å²) in [4.78, 5) is 40.5. The minimum Gasteiger partial charge on any atom is -0.458 e. The van der Waals surface area contributed by atoms with Crippen molar-refractivity contribution in [1.82, 2.24) is 5.32 Å². The summed E-state index contributed by atoms with van der Waals surface area (Å²) in [7, 11) is 0. The SMILES string of the molecule is CC(=O)O[C@@H]1[C@@H]2O[C@@H]2[C@@](C)(O)C(=O)C(C)C[C@@H]2O[C@@H]2[C@H]2[C@@H]3O[C@]3(C)C(C)[C@H]3[C@H](Cc4ccccc4)NC(=O)[C@]213. The van der Waals surface area contributed by atoms with Gasteiger partial charge in [0.15, 0.2) is 5.78 Å². The summed E-state index contributed by atoms with van der Waals surface area (Å²) in [6.45, 7) is 8.81. The van der Waals surface area contributed by atoms with E-state index in [1.165, 1.54) is 13.8 Å². The van der Waals surface area contributed by atoms with Crippen LogP contribution >= 0.6 is 0 Å². The molecule has 2 unspecified atom stereocenters. The second kappa shape index (κ2) is 8.12. The maximum absolute atomic E-state index is 14.5. The Bertz CT molecular complexity index is 1230. The predicted molar refractivity (Wildman–Crippen MR) is 136 cm³/mol. The van der Waals surface area contributed by atoms with E-state index in [9.17, 15) is 19.5 Å². The van der Waals surface area contributed by atoms with Crippen molar-refractivity contribution in [3.8, 4) is 0 Å². The number of carbonyl (C=O) groups excluding carboxylic acids is 3. The summed E-state index contributed by atoms with van der Waals surface area (Å²) in [5.41, 5.74) is -2.36. The Balaban J connectivity index is 1.40. The zero-order chi connectivity index (χ0) is 27.6. The number of aliphatic hydroxyl groups is 1. The molecule has 1 aromatic carbocycles. The maximum atomic E-state index is 14.5. The van der Waals surface area contributed by atoms with Gasteiger partial charge in [-0.25, -0.2) is 0 Å². The first kappa shape index (κ1) is 25.6. The van der Waals surface area contributed by atoms with Crippen LogP contribution in [0, 0.1) is 29.1 Å². The molecule has 2 aliphatic carbocycles. The van der Waals surface area contributed by atoms with Gasteiger partial charge in [0.05, 0.1) is 23.9 Å². The molecule has 4 heterocycles. The minimum atomic E-state index is -1.79. The number of hydrogen-bond donors (Lipinski definition) is 2. The first-order valence-corrected chi connectivity index (χ1v) is 14.2. The molecule has 210 valence electrons. The lowest BCUT2D eigenvalue weighted by atomic mass is 9.50. The smallest absolute Gasteiger partial charge is 0.303 e. The number of ether oxygens (including phenoxy) is 4. The number of fused-ring (bicyclic) bond motifs is 5. The highest BCUT2D eigenvalue weighted by molar-refractivity contribution is 5.91. The molecule has 0 aromatic heterocycles. The fourth-order valence-corrected chi connectivity index (χ4v) is 8.82. The number of amides is 1.